The van der Waals surface area contributed by atoms with Gasteiger partial charge < -0.3 is 10.5 Å². The molecule has 0 aromatic carbocycles. The van der Waals surface area contributed by atoms with Crippen molar-refractivity contribution in [1.29, 1.82) is 0 Å². The van der Waals surface area contributed by atoms with E-state index in [9.17, 15) is 0 Å². The van der Waals surface area contributed by atoms with E-state index in [2.05, 4.69) is 6.92 Å². The highest BCUT2D eigenvalue weighted by molar-refractivity contribution is 4.69. The third-order valence-electron chi connectivity index (χ3n) is 3.04. The maximum atomic E-state index is 5.74. The molecule has 0 aromatic heterocycles. The van der Waals surface area contributed by atoms with Crippen LogP contribution in [0.4, 0.5) is 0 Å². The molecule has 13 heavy (non-hydrogen) atoms. The molecular formula is C11H23NO. The second-order valence-corrected chi connectivity index (χ2v) is 4.18. The van der Waals surface area contributed by atoms with E-state index in [1.54, 1.807) is 0 Å². The van der Waals surface area contributed by atoms with Crippen molar-refractivity contribution in [3.63, 3.8) is 0 Å². The third kappa shape index (κ3) is 4.10. The van der Waals surface area contributed by atoms with E-state index < -0.39 is 0 Å². The lowest BCUT2D eigenvalue weighted by atomic mass is 9.87. The minimum absolute atomic E-state index is 0.757. The zero-order valence-electron chi connectivity index (χ0n) is 8.80. The average Bonchev–Trinajstić information content (AvgIpc) is 2.19. The van der Waals surface area contributed by atoms with Gasteiger partial charge in [-0.2, -0.15) is 0 Å². The first kappa shape index (κ1) is 11.0. The lowest BCUT2D eigenvalue weighted by Gasteiger charge is -2.25. The zero-order valence-corrected chi connectivity index (χ0v) is 8.80. The first-order chi connectivity index (χ1) is 6.36. The zero-order chi connectivity index (χ0) is 9.52. The third-order valence-corrected chi connectivity index (χ3v) is 3.04. The molecule has 0 radical (unpaired) electrons. The van der Waals surface area contributed by atoms with Gasteiger partial charge in [0.15, 0.2) is 0 Å². The number of hydrogen-bond acceptors (Lipinski definition) is 2. The molecule has 0 bridgehead atoms. The Kier molecular flexibility index (Phi) is 5.40. The Balaban J connectivity index is 2.18. The van der Waals surface area contributed by atoms with Crippen molar-refractivity contribution in [3.8, 4) is 0 Å². The van der Waals surface area contributed by atoms with Crippen molar-refractivity contribution >= 4 is 0 Å². The number of hydrogen-bond donors (Lipinski definition) is 1. The fourth-order valence-electron chi connectivity index (χ4n) is 2.19. The van der Waals surface area contributed by atoms with Gasteiger partial charge in [0.2, 0.25) is 0 Å². The van der Waals surface area contributed by atoms with Gasteiger partial charge in [0.25, 0.3) is 0 Å². The molecular weight excluding hydrogens is 162 g/mol. The highest BCUT2D eigenvalue weighted by Gasteiger charge is 2.17. The van der Waals surface area contributed by atoms with Gasteiger partial charge in [-0.1, -0.05) is 13.3 Å². The van der Waals surface area contributed by atoms with Gasteiger partial charge in [0.05, 0.1) is 0 Å². The molecule has 0 spiro atoms. The van der Waals surface area contributed by atoms with Gasteiger partial charge in [-0.15, -0.1) is 0 Å². The van der Waals surface area contributed by atoms with Gasteiger partial charge in [0.1, 0.15) is 0 Å². The molecule has 1 unspecified atom stereocenters. The minimum atomic E-state index is 0.757. The lowest BCUT2D eigenvalue weighted by molar-refractivity contribution is 0.0584. The quantitative estimate of drug-likeness (QED) is 0.712. The maximum absolute atomic E-state index is 5.74. The summed E-state index contributed by atoms with van der Waals surface area (Å²) in [6.07, 6.45) is 6.40. The van der Waals surface area contributed by atoms with Gasteiger partial charge in [-0.05, 0) is 44.1 Å². The standard InChI is InChI=1S/C11H23NO/c1-2-3-11(9-12)8-10-4-6-13-7-5-10/h10-11H,2-9,12H2,1H3. The largest absolute Gasteiger partial charge is 0.381 e. The van der Waals surface area contributed by atoms with Crippen LogP contribution in [0.1, 0.15) is 39.0 Å². The summed E-state index contributed by atoms with van der Waals surface area (Å²) in [5.74, 6) is 1.64. The molecule has 1 saturated heterocycles. The van der Waals surface area contributed by atoms with Crippen molar-refractivity contribution in [2.24, 2.45) is 17.6 Å². The van der Waals surface area contributed by atoms with Gasteiger partial charge in [-0.3, -0.25) is 0 Å². The van der Waals surface area contributed by atoms with E-state index in [-0.39, 0.29) is 0 Å². The van der Waals surface area contributed by atoms with Gasteiger partial charge in [-0.25, -0.2) is 0 Å². The Morgan fingerprint density at radius 3 is 2.62 bits per heavy atom. The average molecular weight is 185 g/mol. The van der Waals surface area contributed by atoms with Crippen molar-refractivity contribution in [2.45, 2.75) is 39.0 Å². The molecule has 0 amide bonds. The molecule has 1 rings (SSSR count). The number of nitrogens with two attached hydrogens (primary N) is 1. The second-order valence-electron chi connectivity index (χ2n) is 4.18. The Hall–Kier alpha value is -0.0800. The summed E-state index contributed by atoms with van der Waals surface area (Å²) in [6.45, 7) is 5.04. The number of rotatable bonds is 5. The van der Waals surface area contributed by atoms with Gasteiger partial charge >= 0.3 is 0 Å². The van der Waals surface area contributed by atoms with E-state index in [0.29, 0.717) is 0 Å². The molecule has 0 aromatic rings. The summed E-state index contributed by atoms with van der Waals surface area (Å²) in [7, 11) is 0. The first-order valence-corrected chi connectivity index (χ1v) is 5.64. The minimum Gasteiger partial charge on any atom is -0.381 e. The van der Waals surface area contributed by atoms with Crippen molar-refractivity contribution in [3.05, 3.63) is 0 Å². The van der Waals surface area contributed by atoms with Crippen LogP contribution in [0.25, 0.3) is 0 Å². The van der Waals surface area contributed by atoms with Crippen LogP contribution in [0.5, 0.6) is 0 Å². The Morgan fingerprint density at radius 2 is 2.08 bits per heavy atom. The highest BCUT2D eigenvalue weighted by Crippen LogP contribution is 2.24. The van der Waals surface area contributed by atoms with Crippen molar-refractivity contribution in [2.75, 3.05) is 19.8 Å². The van der Waals surface area contributed by atoms with E-state index in [4.69, 9.17) is 10.5 Å². The van der Waals surface area contributed by atoms with E-state index in [1.807, 2.05) is 0 Å². The second kappa shape index (κ2) is 6.39. The van der Waals surface area contributed by atoms with Crippen LogP contribution in [-0.4, -0.2) is 19.8 Å². The summed E-state index contributed by atoms with van der Waals surface area (Å²) >= 11 is 0. The molecule has 2 nitrogen and oxygen atoms in total. The van der Waals surface area contributed by atoms with Crippen LogP contribution < -0.4 is 5.73 Å². The molecule has 1 aliphatic heterocycles. The fraction of sp³-hybridized carbons (Fsp3) is 1.00. The Bertz CT molecular complexity index is 119. The lowest BCUT2D eigenvalue weighted by Crippen LogP contribution is -2.22. The van der Waals surface area contributed by atoms with E-state index in [0.717, 1.165) is 31.6 Å². The van der Waals surface area contributed by atoms with Gasteiger partial charge in [0, 0.05) is 13.2 Å². The van der Waals surface area contributed by atoms with Crippen LogP contribution in [0.3, 0.4) is 0 Å². The predicted octanol–water partition coefficient (Wildman–Crippen LogP) is 2.18. The molecule has 0 aliphatic carbocycles. The molecule has 1 atom stereocenters. The van der Waals surface area contributed by atoms with Crippen molar-refractivity contribution < 1.29 is 4.74 Å². The molecule has 0 saturated carbocycles. The van der Waals surface area contributed by atoms with Crippen LogP contribution >= 0.6 is 0 Å². The summed E-state index contributed by atoms with van der Waals surface area (Å²) < 4.78 is 5.34. The summed E-state index contributed by atoms with van der Waals surface area (Å²) in [5, 5.41) is 0. The molecule has 1 heterocycles. The fourth-order valence-corrected chi connectivity index (χ4v) is 2.19. The summed E-state index contributed by atoms with van der Waals surface area (Å²) in [5.41, 5.74) is 5.74. The monoisotopic (exact) mass is 185 g/mol. The molecule has 78 valence electrons. The van der Waals surface area contributed by atoms with E-state index >= 15 is 0 Å². The van der Waals surface area contributed by atoms with Crippen LogP contribution in [0.15, 0.2) is 0 Å². The summed E-state index contributed by atoms with van der Waals surface area (Å²) in [6, 6.07) is 0. The molecule has 2 N–H and O–H groups in total. The van der Waals surface area contributed by atoms with Crippen molar-refractivity contribution in [1.82, 2.24) is 0 Å². The first-order valence-electron chi connectivity index (χ1n) is 5.64. The highest BCUT2D eigenvalue weighted by atomic mass is 16.5. The van der Waals surface area contributed by atoms with E-state index in [1.165, 1.54) is 32.1 Å². The topological polar surface area (TPSA) is 35.2 Å². The molecule has 2 heteroatoms. The van der Waals surface area contributed by atoms with Crippen LogP contribution in [0.2, 0.25) is 0 Å². The number of ether oxygens (including phenoxy) is 1. The predicted molar refractivity (Wildman–Crippen MR) is 55.6 cm³/mol. The SMILES string of the molecule is CCCC(CN)CC1CCOCC1. The Labute approximate surface area is 81.8 Å². The normalized spacial score (nSPS) is 21.7. The maximum Gasteiger partial charge on any atom is 0.0468 e. The molecule has 1 fully saturated rings. The Morgan fingerprint density at radius 1 is 1.38 bits per heavy atom. The van der Waals surface area contributed by atoms with Crippen LogP contribution in [0, 0.1) is 11.8 Å². The van der Waals surface area contributed by atoms with Crippen LogP contribution in [-0.2, 0) is 4.74 Å². The molecule has 1 aliphatic rings. The smallest absolute Gasteiger partial charge is 0.0468 e. The summed E-state index contributed by atoms with van der Waals surface area (Å²) in [4.78, 5) is 0.